The Balaban J connectivity index is 1.60. The largest absolute Gasteiger partial charge is 0.335 e. The van der Waals surface area contributed by atoms with E-state index in [1.54, 1.807) is 0 Å². The second kappa shape index (κ2) is 8.17. The number of amides is 2. The van der Waals surface area contributed by atoms with Crippen LogP contribution in [0.4, 0.5) is 4.79 Å². The van der Waals surface area contributed by atoms with Gasteiger partial charge in [-0.15, -0.1) is 10.2 Å². The summed E-state index contributed by atoms with van der Waals surface area (Å²) in [6, 6.07) is 0.468. The van der Waals surface area contributed by atoms with Gasteiger partial charge >= 0.3 is 6.03 Å². The Kier molecular flexibility index (Phi) is 5.93. The lowest BCUT2D eigenvalue weighted by molar-refractivity contribution is 0.171. The van der Waals surface area contributed by atoms with Crippen LogP contribution in [0.3, 0.4) is 0 Å². The van der Waals surface area contributed by atoms with Crippen molar-refractivity contribution in [3.05, 3.63) is 11.6 Å². The Morgan fingerprint density at radius 2 is 1.92 bits per heavy atom. The van der Waals surface area contributed by atoms with Crippen molar-refractivity contribution in [2.45, 2.75) is 63.5 Å². The summed E-state index contributed by atoms with van der Waals surface area (Å²) in [7, 11) is 6.10. The number of rotatable bonds is 4. The highest BCUT2D eigenvalue weighted by molar-refractivity contribution is 5.74. The monoisotopic (exact) mass is 348 g/mol. The number of likely N-dealkylation sites (tertiary alicyclic amines) is 1. The standard InChI is InChI=1S/C18H32N6O/c1-22(2)13-16-20-21-17(23(16)3)14-8-7-11-24(12-14)18(25)19-15-9-5-4-6-10-15/h14-15H,4-13H2,1-3H3,(H,19,25)/t14-/m1/s1. The normalized spacial score (nSPS) is 22.4. The third-order valence-corrected chi connectivity index (χ3v) is 5.46. The highest BCUT2D eigenvalue weighted by atomic mass is 16.2. The molecule has 1 atom stereocenters. The van der Waals surface area contributed by atoms with Crippen molar-refractivity contribution in [3.63, 3.8) is 0 Å². The second-order valence-corrected chi connectivity index (χ2v) is 7.84. The molecule has 3 rings (SSSR count). The van der Waals surface area contributed by atoms with E-state index in [0.717, 1.165) is 57.0 Å². The molecule has 2 fully saturated rings. The van der Waals surface area contributed by atoms with Gasteiger partial charge in [-0.3, -0.25) is 0 Å². The summed E-state index contributed by atoms with van der Waals surface area (Å²) in [4.78, 5) is 16.7. The van der Waals surface area contributed by atoms with Crippen LogP contribution in [0.2, 0.25) is 0 Å². The van der Waals surface area contributed by atoms with Crippen LogP contribution < -0.4 is 5.32 Å². The fourth-order valence-corrected chi connectivity index (χ4v) is 4.04. The van der Waals surface area contributed by atoms with Gasteiger partial charge in [0.25, 0.3) is 0 Å². The number of urea groups is 1. The Labute approximate surface area is 150 Å². The number of nitrogens with one attached hydrogen (secondary N) is 1. The number of aromatic nitrogens is 3. The zero-order valence-electron chi connectivity index (χ0n) is 15.9. The molecule has 0 spiro atoms. The average molecular weight is 348 g/mol. The predicted molar refractivity (Wildman–Crippen MR) is 97.3 cm³/mol. The lowest BCUT2D eigenvalue weighted by atomic mass is 9.95. The first kappa shape index (κ1) is 18.2. The van der Waals surface area contributed by atoms with E-state index in [4.69, 9.17) is 0 Å². The maximum atomic E-state index is 12.6. The lowest BCUT2D eigenvalue weighted by Gasteiger charge is -2.34. The van der Waals surface area contributed by atoms with E-state index in [1.807, 2.05) is 26.0 Å². The van der Waals surface area contributed by atoms with E-state index >= 15 is 0 Å². The number of nitrogens with zero attached hydrogens (tertiary/aromatic N) is 5. The number of piperidine rings is 1. The van der Waals surface area contributed by atoms with Gasteiger partial charge in [-0.2, -0.15) is 0 Å². The van der Waals surface area contributed by atoms with E-state index < -0.39 is 0 Å². The van der Waals surface area contributed by atoms with Gasteiger partial charge in [0, 0.05) is 32.1 Å². The van der Waals surface area contributed by atoms with Crippen molar-refractivity contribution in [2.75, 3.05) is 27.2 Å². The van der Waals surface area contributed by atoms with Crippen LogP contribution in [0.25, 0.3) is 0 Å². The van der Waals surface area contributed by atoms with Crippen molar-refractivity contribution < 1.29 is 4.79 Å². The van der Waals surface area contributed by atoms with Crippen LogP contribution in [-0.2, 0) is 13.6 Å². The quantitative estimate of drug-likeness (QED) is 0.905. The van der Waals surface area contributed by atoms with Crippen LogP contribution in [-0.4, -0.2) is 63.8 Å². The molecule has 0 aromatic carbocycles. The van der Waals surface area contributed by atoms with E-state index in [0.29, 0.717) is 6.04 Å². The molecule has 1 aliphatic heterocycles. The Morgan fingerprint density at radius 3 is 2.64 bits per heavy atom. The number of carbonyl (C=O) groups is 1. The zero-order valence-corrected chi connectivity index (χ0v) is 15.9. The van der Waals surface area contributed by atoms with Gasteiger partial charge in [-0.25, -0.2) is 4.79 Å². The van der Waals surface area contributed by atoms with Crippen molar-refractivity contribution in [1.29, 1.82) is 0 Å². The van der Waals surface area contributed by atoms with E-state index in [1.165, 1.54) is 19.3 Å². The molecule has 1 N–H and O–H groups in total. The molecule has 2 amide bonds. The van der Waals surface area contributed by atoms with Crippen LogP contribution in [0.1, 0.15) is 62.5 Å². The SMILES string of the molecule is CN(C)Cc1nnc([C@@H]2CCCN(C(=O)NC3CCCCC3)C2)n1C. The molecule has 0 unspecified atom stereocenters. The number of hydrogen-bond donors (Lipinski definition) is 1. The minimum atomic E-state index is 0.104. The summed E-state index contributed by atoms with van der Waals surface area (Å²) in [5, 5.41) is 12.0. The van der Waals surface area contributed by atoms with Crippen LogP contribution in [0, 0.1) is 0 Å². The highest BCUT2D eigenvalue weighted by Crippen LogP contribution is 2.26. The average Bonchev–Trinajstić information content (AvgIpc) is 2.96. The third kappa shape index (κ3) is 4.51. The molecule has 0 radical (unpaired) electrons. The molecule has 7 nitrogen and oxygen atoms in total. The van der Waals surface area contributed by atoms with Crippen LogP contribution in [0.15, 0.2) is 0 Å². The summed E-state index contributed by atoms with van der Waals surface area (Å²) < 4.78 is 2.10. The fourth-order valence-electron chi connectivity index (χ4n) is 4.04. The smallest absolute Gasteiger partial charge is 0.317 e. The van der Waals surface area contributed by atoms with Crippen molar-refractivity contribution >= 4 is 6.03 Å². The van der Waals surface area contributed by atoms with Crippen LogP contribution in [0.5, 0.6) is 0 Å². The predicted octanol–water partition coefficient (Wildman–Crippen LogP) is 2.10. The minimum absolute atomic E-state index is 0.104. The summed E-state index contributed by atoms with van der Waals surface area (Å²) in [6.07, 6.45) is 8.13. The molecule has 7 heteroatoms. The maximum Gasteiger partial charge on any atom is 0.317 e. The van der Waals surface area contributed by atoms with Gasteiger partial charge in [-0.1, -0.05) is 19.3 Å². The van der Waals surface area contributed by atoms with Crippen molar-refractivity contribution in [3.8, 4) is 0 Å². The first-order chi connectivity index (χ1) is 12.0. The summed E-state index contributed by atoms with van der Waals surface area (Å²) in [6.45, 7) is 2.37. The molecule has 0 bridgehead atoms. The zero-order chi connectivity index (χ0) is 17.8. The first-order valence-corrected chi connectivity index (χ1v) is 9.63. The summed E-state index contributed by atoms with van der Waals surface area (Å²) in [5.41, 5.74) is 0. The van der Waals surface area contributed by atoms with E-state index in [-0.39, 0.29) is 11.9 Å². The van der Waals surface area contributed by atoms with E-state index in [9.17, 15) is 4.79 Å². The molecular weight excluding hydrogens is 316 g/mol. The number of hydrogen-bond acceptors (Lipinski definition) is 4. The molecular formula is C18H32N6O. The molecule has 2 heterocycles. The van der Waals surface area contributed by atoms with Crippen molar-refractivity contribution in [1.82, 2.24) is 29.9 Å². The van der Waals surface area contributed by atoms with Gasteiger partial charge in [0.05, 0.1) is 6.54 Å². The maximum absolute atomic E-state index is 12.6. The Morgan fingerprint density at radius 1 is 1.16 bits per heavy atom. The Hall–Kier alpha value is -1.63. The van der Waals surface area contributed by atoms with Gasteiger partial charge in [0.15, 0.2) is 0 Å². The molecule has 140 valence electrons. The van der Waals surface area contributed by atoms with Gasteiger partial charge in [-0.05, 0) is 39.8 Å². The van der Waals surface area contributed by atoms with Crippen molar-refractivity contribution in [2.24, 2.45) is 7.05 Å². The highest BCUT2D eigenvalue weighted by Gasteiger charge is 2.29. The fraction of sp³-hybridized carbons (Fsp3) is 0.833. The third-order valence-electron chi connectivity index (χ3n) is 5.46. The first-order valence-electron chi connectivity index (χ1n) is 9.63. The molecule has 1 aromatic heterocycles. The van der Waals surface area contributed by atoms with E-state index in [2.05, 4.69) is 25.0 Å². The van der Waals surface area contributed by atoms with Gasteiger partial charge in [0.1, 0.15) is 11.6 Å². The lowest BCUT2D eigenvalue weighted by Crippen LogP contribution is -2.48. The molecule has 2 aliphatic rings. The van der Waals surface area contributed by atoms with Gasteiger partial charge in [0.2, 0.25) is 0 Å². The van der Waals surface area contributed by atoms with Crippen LogP contribution >= 0.6 is 0 Å². The van der Waals surface area contributed by atoms with Gasteiger partial charge < -0.3 is 19.7 Å². The number of carbonyl (C=O) groups excluding carboxylic acids is 1. The topological polar surface area (TPSA) is 66.3 Å². The summed E-state index contributed by atoms with van der Waals surface area (Å²) >= 11 is 0. The Bertz CT molecular complexity index is 578. The molecule has 1 saturated carbocycles. The minimum Gasteiger partial charge on any atom is -0.335 e. The molecule has 1 aromatic rings. The molecule has 1 saturated heterocycles. The molecule has 1 aliphatic carbocycles. The molecule has 25 heavy (non-hydrogen) atoms. The second-order valence-electron chi connectivity index (χ2n) is 7.84. The summed E-state index contributed by atoms with van der Waals surface area (Å²) in [5.74, 6) is 2.26.